The first-order valence-corrected chi connectivity index (χ1v) is 6.87. The van der Waals surface area contributed by atoms with Crippen LogP contribution >= 0.6 is 11.6 Å². The summed E-state index contributed by atoms with van der Waals surface area (Å²) in [4.78, 5) is 11.0. The number of hydrogen-bond donors (Lipinski definition) is 1. The van der Waals surface area contributed by atoms with Crippen LogP contribution in [0.1, 0.15) is 11.1 Å². The van der Waals surface area contributed by atoms with E-state index >= 15 is 0 Å². The second-order valence-electron chi connectivity index (χ2n) is 5.00. The molecule has 0 saturated carbocycles. The van der Waals surface area contributed by atoms with E-state index < -0.39 is 0 Å². The van der Waals surface area contributed by atoms with Crippen LogP contribution in [0.15, 0.2) is 47.6 Å². The molecule has 1 aromatic heterocycles. The predicted molar refractivity (Wildman–Crippen MR) is 84.3 cm³/mol. The molecule has 0 amide bonds. The van der Waals surface area contributed by atoms with Crippen LogP contribution < -0.4 is 0 Å². The third-order valence-electron chi connectivity index (χ3n) is 3.49. The molecule has 2 aromatic carbocycles. The SMILES string of the molecule is Cc1cccc(Cn2c(O)c(N=O)c3cc(Cl)ccc32)c1. The summed E-state index contributed by atoms with van der Waals surface area (Å²) in [6, 6.07) is 13.1. The van der Waals surface area contributed by atoms with Gasteiger partial charge in [0.05, 0.1) is 12.1 Å². The molecular formula is C16H13ClN2O2. The fourth-order valence-electron chi connectivity index (χ4n) is 2.54. The molecule has 4 nitrogen and oxygen atoms in total. The first kappa shape index (κ1) is 13.6. The average Bonchev–Trinajstić information content (AvgIpc) is 2.70. The van der Waals surface area contributed by atoms with Gasteiger partial charge in [-0.1, -0.05) is 41.4 Å². The lowest BCUT2D eigenvalue weighted by Gasteiger charge is -2.08. The summed E-state index contributed by atoms with van der Waals surface area (Å²) >= 11 is 5.96. The maximum Gasteiger partial charge on any atom is 0.222 e. The Kier molecular flexibility index (Phi) is 3.39. The van der Waals surface area contributed by atoms with Gasteiger partial charge in [0.2, 0.25) is 5.88 Å². The van der Waals surface area contributed by atoms with E-state index in [-0.39, 0.29) is 11.6 Å². The highest BCUT2D eigenvalue weighted by atomic mass is 35.5. The summed E-state index contributed by atoms with van der Waals surface area (Å²) in [6.07, 6.45) is 0. The summed E-state index contributed by atoms with van der Waals surface area (Å²) in [6.45, 7) is 2.47. The Morgan fingerprint density at radius 3 is 2.76 bits per heavy atom. The zero-order valence-electron chi connectivity index (χ0n) is 11.4. The smallest absolute Gasteiger partial charge is 0.222 e. The third-order valence-corrected chi connectivity index (χ3v) is 3.72. The van der Waals surface area contributed by atoms with Crippen molar-refractivity contribution in [1.82, 2.24) is 4.57 Å². The number of halogens is 1. The number of nitroso groups, excluding NO2 is 1. The molecule has 5 heteroatoms. The second kappa shape index (κ2) is 5.22. The van der Waals surface area contributed by atoms with Crippen LogP contribution in [-0.2, 0) is 6.54 Å². The lowest BCUT2D eigenvalue weighted by Crippen LogP contribution is -1.99. The summed E-state index contributed by atoms with van der Waals surface area (Å²) in [5.41, 5.74) is 2.93. The minimum Gasteiger partial charge on any atom is -0.493 e. The fraction of sp³-hybridized carbons (Fsp3) is 0.125. The molecule has 0 radical (unpaired) electrons. The van der Waals surface area contributed by atoms with Gasteiger partial charge in [-0.05, 0) is 35.9 Å². The monoisotopic (exact) mass is 300 g/mol. The molecule has 3 aromatic rings. The van der Waals surface area contributed by atoms with E-state index in [0.29, 0.717) is 17.0 Å². The second-order valence-corrected chi connectivity index (χ2v) is 5.44. The summed E-state index contributed by atoms with van der Waals surface area (Å²) < 4.78 is 1.66. The molecule has 106 valence electrons. The Bertz CT molecular complexity index is 840. The first-order chi connectivity index (χ1) is 10.1. The molecule has 1 heterocycles. The third kappa shape index (κ3) is 2.38. The normalized spacial score (nSPS) is 11.0. The van der Waals surface area contributed by atoms with E-state index in [1.54, 1.807) is 22.8 Å². The molecule has 0 aliphatic rings. The van der Waals surface area contributed by atoms with Crippen LogP contribution in [-0.4, -0.2) is 9.67 Å². The lowest BCUT2D eigenvalue weighted by molar-refractivity contribution is 0.430. The Morgan fingerprint density at radius 1 is 1.24 bits per heavy atom. The maximum absolute atomic E-state index is 11.0. The number of nitrogens with zero attached hydrogens (tertiary/aromatic N) is 2. The number of aromatic nitrogens is 1. The maximum atomic E-state index is 11.0. The molecule has 0 bridgehead atoms. The fourth-order valence-corrected chi connectivity index (χ4v) is 2.71. The number of aromatic hydroxyl groups is 1. The standard InChI is InChI=1S/C16H13ClN2O2/c1-10-3-2-4-11(7-10)9-19-14-6-5-12(17)8-13(14)15(18-21)16(19)20/h2-8,20H,9H2,1H3. The van der Waals surface area contributed by atoms with Crippen LogP contribution in [0.5, 0.6) is 5.88 Å². The molecular weight excluding hydrogens is 288 g/mol. The Morgan fingerprint density at radius 2 is 2.05 bits per heavy atom. The van der Waals surface area contributed by atoms with Crippen molar-refractivity contribution in [2.75, 3.05) is 0 Å². The highest BCUT2D eigenvalue weighted by molar-refractivity contribution is 6.31. The topological polar surface area (TPSA) is 54.6 Å². The molecule has 0 atom stereocenters. The molecule has 1 N–H and O–H groups in total. The molecule has 3 rings (SSSR count). The lowest BCUT2D eigenvalue weighted by atomic mass is 10.1. The van der Waals surface area contributed by atoms with Gasteiger partial charge in [-0.15, -0.1) is 4.91 Å². The van der Waals surface area contributed by atoms with Crippen LogP contribution in [0.25, 0.3) is 10.9 Å². The largest absolute Gasteiger partial charge is 0.493 e. The van der Waals surface area contributed by atoms with Crippen molar-refractivity contribution in [3.8, 4) is 5.88 Å². The van der Waals surface area contributed by atoms with Crippen molar-refractivity contribution in [2.45, 2.75) is 13.5 Å². The highest BCUT2D eigenvalue weighted by Crippen LogP contribution is 2.39. The van der Waals surface area contributed by atoms with Crippen LogP contribution in [0.3, 0.4) is 0 Å². The van der Waals surface area contributed by atoms with Crippen molar-refractivity contribution in [3.63, 3.8) is 0 Å². The molecule has 0 aliphatic heterocycles. The Hall–Kier alpha value is -2.33. The summed E-state index contributed by atoms with van der Waals surface area (Å²) in [5, 5.41) is 14.3. The molecule has 21 heavy (non-hydrogen) atoms. The van der Waals surface area contributed by atoms with Gasteiger partial charge in [0.25, 0.3) is 0 Å². The average molecular weight is 301 g/mol. The van der Waals surface area contributed by atoms with Crippen molar-refractivity contribution in [3.05, 3.63) is 63.5 Å². The van der Waals surface area contributed by atoms with Gasteiger partial charge in [0.1, 0.15) is 0 Å². The van der Waals surface area contributed by atoms with Gasteiger partial charge in [0, 0.05) is 10.4 Å². The summed E-state index contributed by atoms with van der Waals surface area (Å²) in [7, 11) is 0. The van der Waals surface area contributed by atoms with E-state index in [9.17, 15) is 10.0 Å². The molecule has 0 fully saturated rings. The van der Waals surface area contributed by atoms with Crippen LogP contribution in [0.2, 0.25) is 5.02 Å². The van der Waals surface area contributed by atoms with E-state index in [2.05, 4.69) is 5.18 Å². The van der Waals surface area contributed by atoms with Gasteiger partial charge in [-0.2, -0.15) is 0 Å². The van der Waals surface area contributed by atoms with Gasteiger partial charge < -0.3 is 9.67 Å². The van der Waals surface area contributed by atoms with Crippen molar-refractivity contribution in [2.24, 2.45) is 5.18 Å². The van der Waals surface area contributed by atoms with Crippen LogP contribution in [0.4, 0.5) is 5.69 Å². The summed E-state index contributed by atoms with van der Waals surface area (Å²) in [5.74, 6) is -0.135. The number of benzene rings is 2. The van der Waals surface area contributed by atoms with Gasteiger partial charge in [0.15, 0.2) is 5.69 Å². The molecule has 0 aliphatic carbocycles. The predicted octanol–water partition coefficient (Wildman–Crippen LogP) is 4.75. The molecule has 0 saturated heterocycles. The first-order valence-electron chi connectivity index (χ1n) is 6.50. The number of rotatable bonds is 3. The van der Waals surface area contributed by atoms with Crippen molar-refractivity contribution in [1.29, 1.82) is 0 Å². The van der Waals surface area contributed by atoms with Gasteiger partial charge >= 0.3 is 0 Å². The van der Waals surface area contributed by atoms with Gasteiger partial charge in [-0.25, -0.2) is 0 Å². The molecule has 0 spiro atoms. The minimum absolute atomic E-state index is 0.0279. The quantitative estimate of drug-likeness (QED) is 0.709. The van der Waals surface area contributed by atoms with Crippen molar-refractivity contribution < 1.29 is 5.11 Å². The molecule has 0 unspecified atom stereocenters. The highest BCUT2D eigenvalue weighted by Gasteiger charge is 2.17. The zero-order valence-corrected chi connectivity index (χ0v) is 12.1. The van der Waals surface area contributed by atoms with E-state index in [1.165, 1.54) is 0 Å². The van der Waals surface area contributed by atoms with E-state index in [4.69, 9.17) is 11.6 Å². The minimum atomic E-state index is -0.135. The van der Waals surface area contributed by atoms with Gasteiger partial charge in [-0.3, -0.25) is 0 Å². The number of hydrogen-bond acceptors (Lipinski definition) is 3. The Labute approximate surface area is 126 Å². The Balaban J connectivity index is 2.18. The van der Waals surface area contributed by atoms with E-state index in [0.717, 1.165) is 16.6 Å². The number of fused-ring (bicyclic) bond motifs is 1. The van der Waals surface area contributed by atoms with E-state index in [1.807, 2.05) is 31.2 Å². The van der Waals surface area contributed by atoms with Crippen molar-refractivity contribution >= 4 is 28.2 Å². The zero-order chi connectivity index (χ0) is 15.0. The number of aryl methyl sites for hydroxylation is 1. The van der Waals surface area contributed by atoms with Crippen LogP contribution in [0, 0.1) is 11.8 Å².